The maximum Gasteiger partial charge on any atom is 0.225 e. The van der Waals surface area contributed by atoms with Gasteiger partial charge in [0, 0.05) is 47.6 Å². The van der Waals surface area contributed by atoms with E-state index < -0.39 is 0 Å². The Morgan fingerprint density at radius 2 is 1.79 bits per heavy atom. The zero-order valence-electron chi connectivity index (χ0n) is 19.4. The number of rotatable bonds is 3. The summed E-state index contributed by atoms with van der Waals surface area (Å²) in [5, 5.41) is 10.2. The molecule has 0 saturated heterocycles. The molecule has 1 aromatic carbocycles. The van der Waals surface area contributed by atoms with Gasteiger partial charge in [0.2, 0.25) is 5.95 Å². The number of hydrogen-bond acceptors (Lipinski definition) is 5. The molecule has 0 spiro atoms. The van der Waals surface area contributed by atoms with Crippen LogP contribution in [0.2, 0.25) is 0 Å². The van der Waals surface area contributed by atoms with Crippen LogP contribution in [0.15, 0.2) is 42.7 Å². The van der Waals surface area contributed by atoms with Crippen LogP contribution in [0.1, 0.15) is 73.4 Å². The van der Waals surface area contributed by atoms with Crippen molar-refractivity contribution in [3.63, 3.8) is 0 Å². The third-order valence-corrected chi connectivity index (χ3v) is 7.58. The highest BCUT2D eigenvalue weighted by Gasteiger charge is 2.30. The lowest BCUT2D eigenvalue weighted by Gasteiger charge is -2.34. The molecule has 33 heavy (non-hydrogen) atoms. The molecule has 4 aromatic rings. The fraction of sp³-hybridized carbons (Fsp3) is 0.407. The lowest BCUT2D eigenvalue weighted by atomic mass is 9.85. The van der Waals surface area contributed by atoms with E-state index in [2.05, 4.69) is 76.7 Å². The van der Waals surface area contributed by atoms with Gasteiger partial charge in [0.25, 0.3) is 0 Å². The molecule has 1 aliphatic carbocycles. The summed E-state index contributed by atoms with van der Waals surface area (Å²) in [6.07, 6.45) is 11.6. The number of benzene rings is 1. The predicted octanol–water partition coefficient (Wildman–Crippen LogP) is 5.89. The second kappa shape index (κ2) is 8.25. The summed E-state index contributed by atoms with van der Waals surface area (Å²) in [7, 11) is 0. The van der Waals surface area contributed by atoms with Gasteiger partial charge in [-0.1, -0.05) is 43.5 Å². The fourth-order valence-corrected chi connectivity index (χ4v) is 5.71. The number of H-pyrrole nitrogens is 1. The van der Waals surface area contributed by atoms with E-state index >= 15 is 0 Å². The van der Waals surface area contributed by atoms with Crippen LogP contribution in [0.4, 0.5) is 5.95 Å². The van der Waals surface area contributed by atoms with Gasteiger partial charge in [0.1, 0.15) is 0 Å². The maximum absolute atomic E-state index is 4.82. The van der Waals surface area contributed by atoms with Crippen LogP contribution in [-0.4, -0.2) is 31.7 Å². The SMILES string of the molecule is Cc1ccccc1-c1cc2c3c([nH]c2nn1)CCN(c1ncc(C2CCCCC2)cn1)[C@H]3C. The van der Waals surface area contributed by atoms with Gasteiger partial charge < -0.3 is 9.88 Å². The second-order valence-corrected chi connectivity index (χ2v) is 9.59. The topological polar surface area (TPSA) is 70.6 Å². The lowest BCUT2D eigenvalue weighted by Crippen LogP contribution is -2.35. The minimum Gasteiger partial charge on any atom is -0.341 e. The van der Waals surface area contributed by atoms with E-state index in [1.54, 1.807) is 0 Å². The van der Waals surface area contributed by atoms with E-state index in [1.807, 2.05) is 0 Å². The van der Waals surface area contributed by atoms with E-state index in [0.29, 0.717) is 5.92 Å². The maximum atomic E-state index is 4.82. The molecule has 0 bridgehead atoms. The van der Waals surface area contributed by atoms with E-state index in [4.69, 9.17) is 9.97 Å². The van der Waals surface area contributed by atoms with Crippen LogP contribution < -0.4 is 4.90 Å². The predicted molar refractivity (Wildman–Crippen MR) is 131 cm³/mol. The first kappa shape index (κ1) is 20.3. The molecule has 0 amide bonds. The fourth-order valence-electron chi connectivity index (χ4n) is 5.71. The number of fused-ring (bicyclic) bond motifs is 3. The summed E-state index contributed by atoms with van der Waals surface area (Å²) in [6.45, 7) is 5.26. The minimum absolute atomic E-state index is 0.164. The van der Waals surface area contributed by atoms with Crippen LogP contribution in [0.3, 0.4) is 0 Å². The number of aromatic nitrogens is 5. The first-order chi connectivity index (χ1) is 16.2. The van der Waals surface area contributed by atoms with E-state index in [-0.39, 0.29) is 6.04 Å². The molecule has 4 heterocycles. The van der Waals surface area contributed by atoms with Crippen molar-refractivity contribution >= 4 is 17.0 Å². The van der Waals surface area contributed by atoms with Crippen molar-refractivity contribution in [2.75, 3.05) is 11.4 Å². The molecular formula is C27H30N6. The Hall–Kier alpha value is -3.28. The third kappa shape index (κ3) is 3.58. The van der Waals surface area contributed by atoms with Gasteiger partial charge >= 0.3 is 0 Å². The summed E-state index contributed by atoms with van der Waals surface area (Å²) < 4.78 is 0. The van der Waals surface area contributed by atoms with Crippen LogP contribution in [-0.2, 0) is 6.42 Å². The van der Waals surface area contributed by atoms with Crippen molar-refractivity contribution in [1.29, 1.82) is 0 Å². The first-order valence-corrected chi connectivity index (χ1v) is 12.2. The summed E-state index contributed by atoms with van der Waals surface area (Å²) in [4.78, 5) is 15.5. The average molecular weight is 439 g/mol. The molecule has 1 saturated carbocycles. The largest absolute Gasteiger partial charge is 0.341 e. The van der Waals surface area contributed by atoms with Crippen molar-refractivity contribution in [1.82, 2.24) is 25.1 Å². The van der Waals surface area contributed by atoms with Gasteiger partial charge in [-0.05, 0) is 49.8 Å². The smallest absolute Gasteiger partial charge is 0.225 e. The molecule has 3 aromatic heterocycles. The molecule has 1 N–H and O–H groups in total. The molecule has 1 aliphatic heterocycles. The van der Waals surface area contributed by atoms with Crippen molar-refractivity contribution in [3.8, 4) is 11.3 Å². The molecule has 6 nitrogen and oxygen atoms in total. The number of aryl methyl sites for hydroxylation is 1. The number of nitrogens with one attached hydrogen (secondary N) is 1. The van der Waals surface area contributed by atoms with Gasteiger partial charge in [-0.3, -0.25) is 0 Å². The van der Waals surface area contributed by atoms with Gasteiger partial charge in [-0.2, -0.15) is 0 Å². The van der Waals surface area contributed by atoms with Crippen molar-refractivity contribution in [2.45, 2.75) is 64.3 Å². The summed E-state index contributed by atoms with van der Waals surface area (Å²) in [5.74, 6) is 1.45. The normalized spacial score (nSPS) is 19.1. The molecule has 0 unspecified atom stereocenters. The monoisotopic (exact) mass is 438 g/mol. The molecule has 1 fully saturated rings. The number of nitrogens with zero attached hydrogens (tertiary/aromatic N) is 5. The second-order valence-electron chi connectivity index (χ2n) is 9.59. The Morgan fingerprint density at radius 1 is 1.00 bits per heavy atom. The van der Waals surface area contributed by atoms with Crippen molar-refractivity contribution in [2.24, 2.45) is 0 Å². The van der Waals surface area contributed by atoms with Crippen LogP contribution >= 0.6 is 0 Å². The Kier molecular flexibility index (Phi) is 5.08. The molecule has 1 atom stereocenters. The summed E-state index contributed by atoms with van der Waals surface area (Å²) >= 11 is 0. The molecule has 2 aliphatic rings. The van der Waals surface area contributed by atoms with Crippen molar-refractivity contribution in [3.05, 3.63) is 65.1 Å². The quantitative estimate of drug-likeness (QED) is 0.431. The molecule has 0 radical (unpaired) electrons. The van der Waals surface area contributed by atoms with Crippen LogP contribution in [0.5, 0.6) is 0 Å². The Bertz CT molecular complexity index is 1290. The zero-order valence-corrected chi connectivity index (χ0v) is 19.4. The van der Waals surface area contributed by atoms with Gasteiger partial charge in [-0.25, -0.2) is 9.97 Å². The minimum atomic E-state index is 0.164. The highest BCUT2D eigenvalue weighted by Crippen LogP contribution is 2.38. The Balaban J connectivity index is 1.33. The highest BCUT2D eigenvalue weighted by atomic mass is 15.3. The third-order valence-electron chi connectivity index (χ3n) is 7.58. The Labute approximate surface area is 194 Å². The highest BCUT2D eigenvalue weighted by molar-refractivity contribution is 5.86. The average Bonchev–Trinajstić information content (AvgIpc) is 3.24. The zero-order chi connectivity index (χ0) is 22.4. The number of anilines is 1. The number of hydrogen-bond donors (Lipinski definition) is 1. The van der Waals surface area contributed by atoms with E-state index in [1.165, 1.54) is 54.5 Å². The molecule has 6 rings (SSSR count). The van der Waals surface area contributed by atoms with Crippen molar-refractivity contribution < 1.29 is 0 Å². The lowest BCUT2D eigenvalue weighted by molar-refractivity contribution is 0.442. The molecule has 6 heteroatoms. The summed E-state index contributed by atoms with van der Waals surface area (Å²) in [6, 6.07) is 10.7. The Morgan fingerprint density at radius 3 is 2.58 bits per heavy atom. The first-order valence-electron chi connectivity index (χ1n) is 12.2. The van der Waals surface area contributed by atoms with E-state index in [0.717, 1.165) is 41.2 Å². The van der Waals surface area contributed by atoms with Gasteiger partial charge in [-0.15, -0.1) is 10.2 Å². The number of aromatic amines is 1. The molecule has 168 valence electrons. The van der Waals surface area contributed by atoms with E-state index in [9.17, 15) is 0 Å². The van der Waals surface area contributed by atoms with Crippen LogP contribution in [0.25, 0.3) is 22.3 Å². The summed E-state index contributed by atoms with van der Waals surface area (Å²) in [5.41, 5.74) is 7.96. The van der Waals surface area contributed by atoms with Gasteiger partial charge in [0.15, 0.2) is 5.65 Å². The van der Waals surface area contributed by atoms with Crippen LogP contribution in [0, 0.1) is 6.92 Å². The molecular weight excluding hydrogens is 408 g/mol. The van der Waals surface area contributed by atoms with Gasteiger partial charge in [0.05, 0.1) is 11.7 Å². The standard InChI is InChI=1S/C27H30N6/c1-17-8-6-7-11-21(17)24-14-22-25-18(2)33(13-12-23(25)30-26(22)32-31-24)27-28-15-20(16-29-27)19-9-4-3-5-10-19/h6-8,11,14-16,18-19H,3-5,9-10,12-13H2,1-2H3,(H,30,32)/t18-/m0/s1.